The molecule has 0 radical (unpaired) electrons. The number of amides is 2. The van der Waals surface area contributed by atoms with Gasteiger partial charge in [0.1, 0.15) is 18.2 Å². The lowest BCUT2D eigenvalue weighted by Crippen LogP contribution is -2.42. The molecule has 32 heavy (non-hydrogen) atoms. The average Bonchev–Trinajstić information content (AvgIpc) is 2.82. The number of aromatic amines is 1. The molecule has 0 unspecified atom stereocenters. The topological polar surface area (TPSA) is 113 Å². The molecule has 8 nitrogen and oxygen atoms in total. The zero-order valence-electron chi connectivity index (χ0n) is 16.6. The van der Waals surface area contributed by atoms with Crippen molar-refractivity contribution in [3.8, 4) is 5.75 Å². The number of nitrogens with zero attached hydrogens (tertiary/aromatic N) is 1. The van der Waals surface area contributed by atoms with Gasteiger partial charge in [-0.15, -0.1) is 0 Å². The molecule has 3 N–H and O–H groups in total. The third-order valence-corrected chi connectivity index (χ3v) is 4.62. The molecule has 0 spiro atoms. The molecule has 2 amide bonds. The number of hydrogen-bond donors (Lipinski definition) is 3. The summed E-state index contributed by atoms with van der Waals surface area (Å²) in [7, 11) is 0. The molecule has 3 aromatic carbocycles. The van der Waals surface area contributed by atoms with E-state index in [0.717, 1.165) is 5.56 Å². The Kier molecular flexibility index (Phi) is 5.89. The second kappa shape index (κ2) is 9.09. The summed E-state index contributed by atoms with van der Waals surface area (Å²) in [6, 6.07) is 18.8. The minimum Gasteiger partial charge on any atom is -0.489 e. The minimum atomic E-state index is -0.686. The van der Waals surface area contributed by atoms with Crippen LogP contribution >= 0.6 is 0 Å². The van der Waals surface area contributed by atoms with Gasteiger partial charge in [0, 0.05) is 10.9 Å². The van der Waals surface area contributed by atoms with Crippen LogP contribution in [0, 0.1) is 5.82 Å². The molecule has 0 saturated heterocycles. The summed E-state index contributed by atoms with van der Waals surface area (Å²) in [5, 5.41) is 6.72. The van der Waals surface area contributed by atoms with Gasteiger partial charge in [-0.1, -0.05) is 36.4 Å². The Bertz CT molecular complexity index is 1350. The normalized spacial score (nSPS) is 10.5. The Labute approximate surface area is 181 Å². The highest BCUT2D eigenvalue weighted by molar-refractivity contribution is 6.06. The Morgan fingerprint density at radius 3 is 2.41 bits per heavy atom. The van der Waals surface area contributed by atoms with Gasteiger partial charge in [0.25, 0.3) is 17.4 Å². The van der Waals surface area contributed by atoms with E-state index < -0.39 is 17.4 Å². The van der Waals surface area contributed by atoms with Crippen molar-refractivity contribution in [2.24, 2.45) is 0 Å². The first-order chi connectivity index (χ1) is 15.5. The second-order valence-corrected chi connectivity index (χ2v) is 6.80. The van der Waals surface area contributed by atoms with Gasteiger partial charge in [0.15, 0.2) is 5.69 Å². The molecular weight excluding hydrogens is 415 g/mol. The minimum absolute atomic E-state index is 0.0307. The van der Waals surface area contributed by atoms with E-state index in [4.69, 9.17) is 4.74 Å². The summed E-state index contributed by atoms with van der Waals surface area (Å²) in [5.74, 6) is -1.16. The van der Waals surface area contributed by atoms with Crippen molar-refractivity contribution in [2.45, 2.75) is 6.61 Å². The van der Waals surface area contributed by atoms with Crippen molar-refractivity contribution in [1.29, 1.82) is 0 Å². The quantitative estimate of drug-likeness (QED) is 0.420. The number of nitrogens with one attached hydrogen (secondary N) is 3. The van der Waals surface area contributed by atoms with E-state index in [1.807, 2.05) is 0 Å². The fourth-order valence-corrected chi connectivity index (χ4v) is 3.01. The SMILES string of the molecule is O=C(NNC(=O)c1n[nH]c(=O)c2ccccc12)c1cccc(OCc2ccc(F)cc2)c1. The van der Waals surface area contributed by atoms with E-state index in [9.17, 15) is 18.8 Å². The van der Waals surface area contributed by atoms with Crippen LogP contribution in [-0.4, -0.2) is 22.0 Å². The number of carbonyl (C=O) groups excluding carboxylic acids is 2. The first-order valence-corrected chi connectivity index (χ1v) is 9.57. The molecule has 4 rings (SSSR count). The van der Waals surface area contributed by atoms with E-state index in [1.54, 1.807) is 54.6 Å². The van der Waals surface area contributed by atoms with Gasteiger partial charge in [-0.25, -0.2) is 9.49 Å². The molecule has 9 heteroatoms. The van der Waals surface area contributed by atoms with Crippen LogP contribution in [0.4, 0.5) is 4.39 Å². The predicted molar refractivity (Wildman–Crippen MR) is 114 cm³/mol. The van der Waals surface area contributed by atoms with Crippen molar-refractivity contribution in [3.05, 3.63) is 106 Å². The summed E-state index contributed by atoms with van der Waals surface area (Å²) < 4.78 is 18.6. The average molecular weight is 432 g/mol. The Morgan fingerprint density at radius 1 is 0.906 bits per heavy atom. The maximum Gasteiger partial charge on any atom is 0.290 e. The summed E-state index contributed by atoms with van der Waals surface area (Å²) in [6.07, 6.45) is 0. The van der Waals surface area contributed by atoms with Gasteiger partial charge in [-0.3, -0.25) is 25.2 Å². The lowest BCUT2D eigenvalue weighted by molar-refractivity contribution is 0.0844. The summed E-state index contributed by atoms with van der Waals surface area (Å²) in [4.78, 5) is 36.8. The standard InChI is InChI=1S/C23H17FN4O4/c24-16-10-8-14(9-11-16)13-32-17-5-3-4-15(12-17)21(29)26-28-23(31)20-18-6-1-2-7-19(18)22(30)27-25-20/h1-12H,13H2,(H,26,29)(H,27,30)(H,28,31). The van der Waals surface area contributed by atoms with E-state index in [-0.39, 0.29) is 23.7 Å². The highest BCUT2D eigenvalue weighted by atomic mass is 19.1. The molecule has 0 bridgehead atoms. The fourth-order valence-electron chi connectivity index (χ4n) is 3.01. The number of carbonyl (C=O) groups is 2. The summed E-state index contributed by atoms with van der Waals surface area (Å²) in [5.41, 5.74) is 5.18. The largest absolute Gasteiger partial charge is 0.489 e. The molecule has 1 aromatic heterocycles. The number of hydrogen-bond acceptors (Lipinski definition) is 5. The predicted octanol–water partition coefficient (Wildman–Crippen LogP) is 2.72. The molecule has 0 aliphatic rings. The first kappa shape index (κ1) is 20.7. The molecule has 0 aliphatic heterocycles. The molecular formula is C23H17FN4O4. The molecule has 0 atom stereocenters. The number of H-pyrrole nitrogens is 1. The third kappa shape index (κ3) is 4.62. The number of fused-ring (bicyclic) bond motifs is 1. The lowest BCUT2D eigenvalue weighted by atomic mass is 10.1. The van der Waals surface area contributed by atoms with Crippen molar-refractivity contribution in [1.82, 2.24) is 21.0 Å². The smallest absolute Gasteiger partial charge is 0.290 e. The maximum absolute atomic E-state index is 13.0. The highest BCUT2D eigenvalue weighted by Crippen LogP contribution is 2.16. The zero-order valence-corrected chi connectivity index (χ0v) is 16.6. The van der Waals surface area contributed by atoms with Crippen LogP contribution in [0.3, 0.4) is 0 Å². The second-order valence-electron chi connectivity index (χ2n) is 6.80. The molecule has 4 aromatic rings. The Balaban J connectivity index is 1.41. The van der Waals surface area contributed by atoms with Gasteiger partial charge in [0.2, 0.25) is 0 Å². The van der Waals surface area contributed by atoms with Gasteiger partial charge >= 0.3 is 0 Å². The van der Waals surface area contributed by atoms with Gasteiger partial charge in [0.05, 0.1) is 5.39 Å². The summed E-state index contributed by atoms with van der Waals surface area (Å²) in [6.45, 7) is 0.201. The van der Waals surface area contributed by atoms with Crippen LogP contribution in [0.15, 0.2) is 77.6 Å². The van der Waals surface area contributed by atoms with Gasteiger partial charge in [-0.2, -0.15) is 5.10 Å². The van der Waals surface area contributed by atoms with Crippen molar-refractivity contribution >= 4 is 22.6 Å². The van der Waals surface area contributed by atoms with Crippen LogP contribution in [0.2, 0.25) is 0 Å². The maximum atomic E-state index is 13.0. The lowest BCUT2D eigenvalue weighted by Gasteiger charge is -2.10. The van der Waals surface area contributed by atoms with Crippen LogP contribution in [0.5, 0.6) is 5.75 Å². The van der Waals surface area contributed by atoms with Crippen LogP contribution in [-0.2, 0) is 6.61 Å². The molecule has 0 aliphatic carbocycles. The van der Waals surface area contributed by atoms with Crippen LogP contribution in [0.1, 0.15) is 26.4 Å². The van der Waals surface area contributed by atoms with E-state index in [1.165, 1.54) is 18.2 Å². The summed E-state index contributed by atoms with van der Waals surface area (Å²) >= 11 is 0. The number of ether oxygens (including phenoxy) is 1. The number of aromatic nitrogens is 2. The third-order valence-electron chi connectivity index (χ3n) is 4.62. The first-order valence-electron chi connectivity index (χ1n) is 9.57. The van der Waals surface area contributed by atoms with Crippen molar-refractivity contribution in [2.75, 3.05) is 0 Å². The van der Waals surface area contributed by atoms with Crippen LogP contribution < -0.4 is 21.1 Å². The number of hydrazine groups is 1. The monoisotopic (exact) mass is 432 g/mol. The Morgan fingerprint density at radius 2 is 1.62 bits per heavy atom. The van der Waals surface area contributed by atoms with E-state index in [2.05, 4.69) is 21.0 Å². The van der Waals surface area contributed by atoms with Crippen molar-refractivity contribution in [3.63, 3.8) is 0 Å². The molecule has 0 saturated carbocycles. The number of rotatable bonds is 5. The molecule has 0 fully saturated rings. The molecule has 1 heterocycles. The van der Waals surface area contributed by atoms with E-state index >= 15 is 0 Å². The highest BCUT2D eigenvalue weighted by Gasteiger charge is 2.15. The Hall–Kier alpha value is -4.53. The fraction of sp³-hybridized carbons (Fsp3) is 0.0435. The zero-order chi connectivity index (χ0) is 22.5. The number of halogens is 1. The van der Waals surface area contributed by atoms with Gasteiger partial charge < -0.3 is 4.74 Å². The van der Waals surface area contributed by atoms with E-state index in [0.29, 0.717) is 16.5 Å². The van der Waals surface area contributed by atoms with Crippen LogP contribution in [0.25, 0.3) is 10.8 Å². The number of benzene rings is 3. The molecule has 160 valence electrons. The van der Waals surface area contributed by atoms with Gasteiger partial charge in [-0.05, 0) is 42.0 Å². The van der Waals surface area contributed by atoms with Crippen molar-refractivity contribution < 1.29 is 18.7 Å².